The third-order valence-corrected chi connectivity index (χ3v) is 4.29. The number of amides is 1. The number of benzene rings is 2. The average molecular weight is 376 g/mol. The van der Waals surface area contributed by atoms with Crippen molar-refractivity contribution in [1.82, 2.24) is 4.90 Å². The molecule has 1 aliphatic heterocycles. The Kier molecular flexibility index (Phi) is 5.75. The molecular formula is C19H18ClNO5. The van der Waals surface area contributed by atoms with Gasteiger partial charge in [0.2, 0.25) is 6.10 Å². The lowest BCUT2D eigenvalue weighted by atomic mass is 10.1. The minimum atomic E-state index is -1.10. The fourth-order valence-electron chi connectivity index (χ4n) is 2.69. The van der Waals surface area contributed by atoms with E-state index in [0.717, 1.165) is 0 Å². The summed E-state index contributed by atoms with van der Waals surface area (Å²) in [5.41, 5.74) is 0.510. The maximum absolute atomic E-state index is 12.9. The Labute approximate surface area is 155 Å². The van der Waals surface area contributed by atoms with E-state index in [9.17, 15) is 14.7 Å². The largest absolute Gasteiger partial charge is 0.507 e. The first-order valence-corrected chi connectivity index (χ1v) is 8.55. The van der Waals surface area contributed by atoms with Crippen molar-refractivity contribution in [2.24, 2.45) is 0 Å². The second-order valence-electron chi connectivity index (χ2n) is 5.80. The number of carbonyl (C=O) groups is 2. The lowest BCUT2D eigenvalue weighted by Crippen LogP contribution is -2.44. The smallest absolute Gasteiger partial charge is 0.343 e. The number of rotatable bonds is 4. The first-order valence-electron chi connectivity index (χ1n) is 8.17. The van der Waals surface area contributed by atoms with Crippen LogP contribution < -0.4 is 0 Å². The first-order chi connectivity index (χ1) is 12.6. The zero-order valence-electron chi connectivity index (χ0n) is 13.9. The highest BCUT2D eigenvalue weighted by Crippen LogP contribution is 2.27. The van der Waals surface area contributed by atoms with Crippen LogP contribution in [0, 0.1) is 0 Å². The van der Waals surface area contributed by atoms with Crippen molar-refractivity contribution in [3.63, 3.8) is 0 Å². The van der Waals surface area contributed by atoms with Gasteiger partial charge in [-0.05, 0) is 18.2 Å². The van der Waals surface area contributed by atoms with Gasteiger partial charge in [-0.25, -0.2) is 4.79 Å². The van der Waals surface area contributed by atoms with Crippen LogP contribution in [0.2, 0.25) is 5.02 Å². The summed E-state index contributed by atoms with van der Waals surface area (Å²) in [6.07, 6.45) is -1.10. The number of phenols is 1. The third kappa shape index (κ3) is 4.15. The van der Waals surface area contributed by atoms with Crippen LogP contribution >= 0.6 is 11.6 Å². The molecule has 2 aromatic carbocycles. The molecule has 0 bridgehead atoms. The summed E-state index contributed by atoms with van der Waals surface area (Å²) in [7, 11) is 0. The fraction of sp³-hybridized carbons (Fsp3) is 0.263. The summed E-state index contributed by atoms with van der Waals surface area (Å²) in [5.74, 6) is -1.41. The van der Waals surface area contributed by atoms with E-state index in [0.29, 0.717) is 36.9 Å². The molecule has 1 saturated heterocycles. The summed E-state index contributed by atoms with van der Waals surface area (Å²) in [6, 6.07) is 12.9. The van der Waals surface area contributed by atoms with E-state index in [1.807, 2.05) is 6.07 Å². The van der Waals surface area contributed by atoms with Crippen molar-refractivity contribution in [2.75, 3.05) is 26.3 Å². The van der Waals surface area contributed by atoms with Crippen LogP contribution in [0.5, 0.6) is 5.75 Å². The minimum Gasteiger partial charge on any atom is -0.507 e. The van der Waals surface area contributed by atoms with Crippen molar-refractivity contribution in [2.45, 2.75) is 6.10 Å². The van der Waals surface area contributed by atoms with Crippen LogP contribution in [0.4, 0.5) is 0 Å². The van der Waals surface area contributed by atoms with Crippen LogP contribution in [-0.2, 0) is 14.3 Å². The van der Waals surface area contributed by atoms with Crippen LogP contribution in [0.15, 0.2) is 48.5 Å². The van der Waals surface area contributed by atoms with Gasteiger partial charge in [-0.3, -0.25) is 4.79 Å². The Balaban J connectivity index is 1.85. The Hall–Kier alpha value is -2.57. The van der Waals surface area contributed by atoms with Gasteiger partial charge in [0.25, 0.3) is 5.91 Å². The van der Waals surface area contributed by atoms with Gasteiger partial charge in [0.05, 0.1) is 13.2 Å². The number of morpholine rings is 1. The SMILES string of the molecule is O=C(O[C@H](C(=O)N1CCOCC1)c1ccccc1)c1ccc(Cl)cc1O. The monoisotopic (exact) mass is 375 g/mol. The molecule has 1 N–H and O–H groups in total. The molecule has 3 rings (SSSR count). The Bertz CT molecular complexity index is 790. The number of halogens is 1. The highest BCUT2D eigenvalue weighted by molar-refractivity contribution is 6.30. The molecule has 1 atom stereocenters. The topological polar surface area (TPSA) is 76.1 Å². The zero-order chi connectivity index (χ0) is 18.5. The molecule has 7 heteroatoms. The standard InChI is InChI=1S/C19H18ClNO5/c20-14-6-7-15(16(22)12-14)19(24)26-17(13-4-2-1-3-5-13)18(23)21-8-10-25-11-9-21/h1-7,12,17,22H,8-11H2/t17-/m0/s1. The van der Waals surface area contributed by atoms with Crippen LogP contribution in [0.1, 0.15) is 22.0 Å². The van der Waals surface area contributed by atoms with Gasteiger partial charge in [0, 0.05) is 23.7 Å². The molecule has 2 aromatic rings. The quantitative estimate of drug-likeness (QED) is 0.831. The summed E-state index contributed by atoms with van der Waals surface area (Å²) in [6.45, 7) is 1.76. The van der Waals surface area contributed by atoms with Crippen LogP contribution in [0.25, 0.3) is 0 Å². The second-order valence-corrected chi connectivity index (χ2v) is 6.23. The lowest BCUT2D eigenvalue weighted by molar-refractivity contribution is -0.145. The van der Waals surface area contributed by atoms with E-state index < -0.39 is 12.1 Å². The van der Waals surface area contributed by atoms with Gasteiger partial charge < -0.3 is 19.5 Å². The maximum Gasteiger partial charge on any atom is 0.343 e. The van der Waals surface area contributed by atoms with Gasteiger partial charge in [-0.15, -0.1) is 0 Å². The maximum atomic E-state index is 12.9. The van der Waals surface area contributed by atoms with Crippen molar-refractivity contribution >= 4 is 23.5 Å². The zero-order valence-corrected chi connectivity index (χ0v) is 14.7. The normalized spacial score (nSPS) is 15.3. The molecule has 1 aliphatic rings. The van der Waals surface area contributed by atoms with Crippen molar-refractivity contribution in [3.05, 3.63) is 64.7 Å². The van der Waals surface area contributed by atoms with Gasteiger partial charge in [-0.1, -0.05) is 41.9 Å². The van der Waals surface area contributed by atoms with Gasteiger partial charge in [0.15, 0.2) is 0 Å². The predicted octanol–water partition coefficient (Wildman–Crippen LogP) is 2.80. The highest BCUT2D eigenvalue weighted by Gasteiger charge is 2.31. The number of hydrogen-bond donors (Lipinski definition) is 1. The van der Waals surface area contributed by atoms with E-state index >= 15 is 0 Å². The number of aromatic hydroxyl groups is 1. The lowest BCUT2D eigenvalue weighted by Gasteiger charge is -2.30. The molecule has 0 aromatic heterocycles. The number of hydrogen-bond acceptors (Lipinski definition) is 5. The van der Waals surface area contributed by atoms with E-state index in [-0.39, 0.29) is 17.2 Å². The molecule has 26 heavy (non-hydrogen) atoms. The highest BCUT2D eigenvalue weighted by atomic mass is 35.5. The molecular weight excluding hydrogens is 358 g/mol. The molecule has 0 radical (unpaired) electrons. The third-order valence-electron chi connectivity index (χ3n) is 4.05. The summed E-state index contributed by atoms with van der Waals surface area (Å²) >= 11 is 5.79. The number of esters is 1. The Morgan fingerprint density at radius 3 is 2.46 bits per heavy atom. The van der Waals surface area contributed by atoms with Gasteiger partial charge in [0.1, 0.15) is 11.3 Å². The Morgan fingerprint density at radius 2 is 1.81 bits per heavy atom. The number of ether oxygens (including phenoxy) is 2. The van der Waals surface area contributed by atoms with Crippen molar-refractivity contribution < 1.29 is 24.2 Å². The van der Waals surface area contributed by atoms with E-state index in [4.69, 9.17) is 21.1 Å². The fourth-order valence-corrected chi connectivity index (χ4v) is 2.85. The average Bonchev–Trinajstić information content (AvgIpc) is 2.67. The number of phenolic OH excluding ortho intramolecular Hbond substituents is 1. The second kappa shape index (κ2) is 8.21. The van der Waals surface area contributed by atoms with E-state index in [2.05, 4.69) is 0 Å². The Morgan fingerprint density at radius 1 is 1.12 bits per heavy atom. The van der Waals surface area contributed by atoms with E-state index in [1.165, 1.54) is 18.2 Å². The molecule has 1 amide bonds. The molecule has 0 saturated carbocycles. The first kappa shape index (κ1) is 18.2. The molecule has 0 aliphatic carbocycles. The molecule has 136 valence electrons. The van der Waals surface area contributed by atoms with Crippen LogP contribution in [-0.4, -0.2) is 48.2 Å². The summed E-state index contributed by atoms with van der Waals surface area (Å²) < 4.78 is 10.7. The molecule has 1 heterocycles. The number of nitrogens with zero attached hydrogens (tertiary/aromatic N) is 1. The summed E-state index contributed by atoms with van der Waals surface area (Å²) in [4.78, 5) is 27.0. The van der Waals surface area contributed by atoms with E-state index in [1.54, 1.807) is 29.2 Å². The van der Waals surface area contributed by atoms with Gasteiger partial charge in [-0.2, -0.15) is 0 Å². The molecule has 6 nitrogen and oxygen atoms in total. The molecule has 0 unspecified atom stereocenters. The molecule has 1 fully saturated rings. The molecule has 0 spiro atoms. The van der Waals surface area contributed by atoms with Crippen molar-refractivity contribution in [1.29, 1.82) is 0 Å². The number of carbonyl (C=O) groups excluding carboxylic acids is 2. The summed E-state index contributed by atoms with van der Waals surface area (Å²) in [5, 5.41) is 10.2. The van der Waals surface area contributed by atoms with Gasteiger partial charge >= 0.3 is 5.97 Å². The van der Waals surface area contributed by atoms with Crippen molar-refractivity contribution in [3.8, 4) is 5.75 Å². The minimum absolute atomic E-state index is 0.0508. The predicted molar refractivity (Wildman–Crippen MR) is 95.1 cm³/mol. The van der Waals surface area contributed by atoms with Crippen LogP contribution in [0.3, 0.4) is 0 Å².